The van der Waals surface area contributed by atoms with Crippen LogP contribution >= 0.6 is 0 Å². The average molecular weight is 1080 g/mol. The molecule has 4 heterocycles. The van der Waals surface area contributed by atoms with Gasteiger partial charge in [0.25, 0.3) is 0 Å². The van der Waals surface area contributed by atoms with Crippen LogP contribution in [0.2, 0.25) is 0 Å². The maximum absolute atomic E-state index is 14.4. The first kappa shape index (κ1) is 57.7. The second kappa shape index (κ2) is 25.5. The number of benzene rings is 2. The lowest BCUT2D eigenvalue weighted by atomic mass is 9.57. The normalized spacial score (nSPS) is 29.5. The molecule has 25 heteroatoms. The number of unbranched alkanes of at least 4 members (excludes halogenated alkanes) is 1. The maximum Gasteiger partial charge on any atom is 0.326 e. The predicted molar refractivity (Wildman–Crippen MR) is 272 cm³/mol. The number of aliphatic carboxylic acids is 6. The molecule has 0 radical (unpaired) electrons. The van der Waals surface area contributed by atoms with E-state index in [1.165, 1.54) is 0 Å². The number of hydrogen-bond acceptors (Lipinski definition) is 14. The Morgan fingerprint density at radius 1 is 0.662 bits per heavy atom. The van der Waals surface area contributed by atoms with Crippen molar-refractivity contribution in [3.05, 3.63) is 48.0 Å². The van der Waals surface area contributed by atoms with Gasteiger partial charge in [0.1, 0.15) is 36.3 Å². The first-order chi connectivity index (χ1) is 36.7. The SMILES string of the molecule is C[C@@H](C1CCC(C(=O)N[C@@H](Cc2ccc3ccccc3c2)C(=O)NCCCCC(NC(=O)NC(CCC(=O)O)C(=O)O)C(=O)O)CC1)[C@@]12NC(=O)CN3CCN4CCN(CCN(CC3)[C@@H]1C(=O)O)[C@H](C(=O)O)[C@@H]2[C@H]4C(=O)O. The van der Waals surface area contributed by atoms with Crippen LogP contribution in [-0.2, 0) is 49.6 Å². The highest BCUT2D eigenvalue weighted by molar-refractivity contribution is 5.90. The Balaban J connectivity index is 1.07. The topological polar surface area (TPSA) is 365 Å². The number of hydrogen-bond donors (Lipinski definition) is 11. The van der Waals surface area contributed by atoms with Crippen molar-refractivity contribution < 1.29 is 78.6 Å². The molecular formula is C52H71N9O16. The number of fused-ring (bicyclic) bond motifs is 7. The molecule has 1 aliphatic carbocycles. The van der Waals surface area contributed by atoms with E-state index in [4.69, 9.17) is 5.11 Å². The van der Waals surface area contributed by atoms with Crippen molar-refractivity contribution in [3.63, 3.8) is 0 Å². The van der Waals surface area contributed by atoms with E-state index < -0.39 is 138 Å². The highest BCUT2D eigenvalue weighted by Gasteiger charge is 2.66. The van der Waals surface area contributed by atoms with Gasteiger partial charge in [-0.1, -0.05) is 49.4 Å². The van der Waals surface area contributed by atoms with E-state index in [-0.39, 0.29) is 90.9 Å². The minimum absolute atomic E-state index is 0.0494. The summed E-state index contributed by atoms with van der Waals surface area (Å²) in [6.45, 7) is 3.57. The zero-order chi connectivity index (χ0) is 55.7. The Morgan fingerprint density at radius 3 is 1.82 bits per heavy atom. The minimum Gasteiger partial charge on any atom is -0.481 e. The largest absolute Gasteiger partial charge is 0.481 e. The molecule has 4 saturated heterocycles. The van der Waals surface area contributed by atoms with Gasteiger partial charge in [-0.2, -0.15) is 0 Å². The van der Waals surface area contributed by atoms with Crippen molar-refractivity contribution in [2.75, 3.05) is 65.4 Å². The van der Waals surface area contributed by atoms with E-state index in [0.29, 0.717) is 25.9 Å². The van der Waals surface area contributed by atoms with Crippen LogP contribution in [0.5, 0.6) is 0 Å². The third kappa shape index (κ3) is 13.6. The highest BCUT2D eigenvalue weighted by Crippen LogP contribution is 2.49. The number of nitrogens with zero attached hydrogens (tertiary/aromatic N) is 4. The number of carbonyl (C=O) groups excluding carboxylic acids is 4. The summed E-state index contributed by atoms with van der Waals surface area (Å²) in [4.78, 5) is 138. The molecule has 6 bridgehead atoms. The first-order valence-corrected chi connectivity index (χ1v) is 26.4. The molecule has 5 fully saturated rings. The van der Waals surface area contributed by atoms with Gasteiger partial charge < -0.3 is 57.2 Å². The fraction of sp³-hybridized carbons (Fsp3) is 0.615. The Bertz CT molecular complexity index is 2560. The van der Waals surface area contributed by atoms with Gasteiger partial charge in [-0.3, -0.25) is 53.2 Å². The Kier molecular flexibility index (Phi) is 19.1. The van der Waals surface area contributed by atoms with Crippen molar-refractivity contribution in [1.29, 1.82) is 0 Å². The number of rotatable bonds is 22. The van der Waals surface area contributed by atoms with E-state index in [0.717, 1.165) is 16.3 Å². The fourth-order valence-corrected chi connectivity index (χ4v) is 12.7. The van der Waals surface area contributed by atoms with Crippen LogP contribution < -0.4 is 26.6 Å². The average Bonchev–Trinajstić information content (AvgIpc) is 3.58. The van der Waals surface area contributed by atoms with E-state index in [1.807, 2.05) is 47.4 Å². The van der Waals surface area contributed by atoms with E-state index in [9.17, 15) is 73.5 Å². The lowest BCUT2D eigenvalue weighted by molar-refractivity contribution is -0.171. The second-order valence-corrected chi connectivity index (χ2v) is 21.2. The van der Waals surface area contributed by atoms with E-state index >= 15 is 0 Å². The molecule has 0 aromatic heterocycles. The first-order valence-electron chi connectivity index (χ1n) is 26.4. The van der Waals surface area contributed by atoms with Gasteiger partial charge in [0.15, 0.2) is 0 Å². The van der Waals surface area contributed by atoms with Gasteiger partial charge in [-0.25, -0.2) is 14.4 Å². The van der Waals surface area contributed by atoms with Gasteiger partial charge in [-0.05, 0) is 79.5 Å². The molecule has 13 atom stereocenters. The van der Waals surface area contributed by atoms with Crippen molar-refractivity contribution in [2.45, 2.75) is 113 Å². The second-order valence-electron chi connectivity index (χ2n) is 21.2. The molecule has 2 aromatic carbocycles. The molecule has 2 aromatic rings. The molecule has 11 N–H and O–H groups in total. The van der Waals surface area contributed by atoms with Gasteiger partial charge in [0, 0.05) is 83.6 Å². The summed E-state index contributed by atoms with van der Waals surface area (Å²) >= 11 is 0. The number of urea groups is 1. The maximum atomic E-state index is 14.4. The highest BCUT2D eigenvalue weighted by atomic mass is 16.4. The number of carboxylic acids is 6. The molecule has 1 saturated carbocycles. The van der Waals surface area contributed by atoms with Crippen molar-refractivity contribution >= 4 is 70.3 Å². The van der Waals surface area contributed by atoms with E-state index in [2.05, 4.69) is 26.6 Å². The quantitative estimate of drug-likeness (QED) is 0.0678. The van der Waals surface area contributed by atoms with Crippen LogP contribution in [0.25, 0.3) is 10.8 Å². The summed E-state index contributed by atoms with van der Waals surface area (Å²) in [6.07, 6.45) is 0.630. The van der Waals surface area contributed by atoms with Gasteiger partial charge in [0.2, 0.25) is 17.7 Å². The van der Waals surface area contributed by atoms with Crippen LogP contribution in [0.3, 0.4) is 0 Å². The molecule has 6 unspecified atom stereocenters. The zero-order valence-corrected chi connectivity index (χ0v) is 43.0. The molecule has 25 nitrogen and oxygen atoms in total. The molecule has 5 aliphatic rings. The third-order valence-electron chi connectivity index (χ3n) is 16.6. The van der Waals surface area contributed by atoms with Crippen molar-refractivity contribution in [2.24, 2.45) is 23.7 Å². The van der Waals surface area contributed by atoms with Crippen LogP contribution in [-0.4, -0.2) is 217 Å². The number of carbonyl (C=O) groups is 10. The smallest absolute Gasteiger partial charge is 0.326 e. The number of nitrogens with one attached hydrogen (secondary N) is 5. The summed E-state index contributed by atoms with van der Waals surface area (Å²) in [6, 6.07) is 3.65. The summed E-state index contributed by atoms with van der Waals surface area (Å²) in [5, 5.41) is 76.7. The summed E-state index contributed by atoms with van der Waals surface area (Å²) in [5.74, 6) is -12.9. The van der Waals surface area contributed by atoms with Crippen LogP contribution in [0.4, 0.5) is 4.79 Å². The van der Waals surface area contributed by atoms with Crippen molar-refractivity contribution in [1.82, 2.24) is 46.2 Å². The molecular weight excluding hydrogens is 1010 g/mol. The Morgan fingerprint density at radius 2 is 1.23 bits per heavy atom. The Labute approximate surface area is 444 Å². The molecule has 5 amide bonds. The van der Waals surface area contributed by atoms with Crippen LogP contribution in [0, 0.1) is 23.7 Å². The third-order valence-corrected chi connectivity index (χ3v) is 16.6. The van der Waals surface area contributed by atoms with E-state index in [1.54, 1.807) is 21.6 Å². The van der Waals surface area contributed by atoms with Gasteiger partial charge in [-0.15, -0.1) is 0 Å². The van der Waals surface area contributed by atoms with Crippen LogP contribution in [0.15, 0.2) is 42.5 Å². The summed E-state index contributed by atoms with van der Waals surface area (Å²) in [7, 11) is 0. The van der Waals surface area contributed by atoms with Gasteiger partial charge in [0.05, 0.1) is 12.1 Å². The molecule has 4 aliphatic heterocycles. The standard InChI is InChI=1S/C52H71N9O16/c1-29(52-40-41(48(71)72)59-20-18-58(28-38(62)57-52)19-21-61(43(52)50(75)76)25-24-60(23-22-59)42(40)49(73)74)31-11-13-33(14-12-31)44(65)54-37(27-30-9-10-32-6-2-3-7-34(32)26-30)45(66)53-17-5-4-8-35(46(67)68)55-51(77)56-36(47(69)70)15-16-39(63)64/h2-3,6-7,9-10,26,29,31,33,35-37,40-43H,4-5,8,11-25,27-28H2,1H3,(H,53,66)(H,54,65)(H,57,62)(H,63,64)(H,67,68)(H,69,70)(H,71,72)(H,73,74)(H,75,76)(H2,55,56,77)/t29-,31?,33?,35?,36?,37-,40-,41-,42-,43+,52-/m0/s1. The molecule has 0 spiro atoms. The molecule has 420 valence electrons. The summed E-state index contributed by atoms with van der Waals surface area (Å²) < 4.78 is 0. The molecule has 77 heavy (non-hydrogen) atoms. The lowest BCUT2D eigenvalue weighted by Crippen LogP contribution is -2.79. The van der Waals surface area contributed by atoms with Crippen molar-refractivity contribution in [3.8, 4) is 0 Å². The van der Waals surface area contributed by atoms with Crippen LogP contribution in [0.1, 0.15) is 70.3 Å². The zero-order valence-electron chi connectivity index (χ0n) is 43.0. The monoisotopic (exact) mass is 1080 g/mol. The Hall–Kier alpha value is -6.96. The molecule has 7 rings (SSSR count). The fourth-order valence-electron chi connectivity index (χ4n) is 12.7. The lowest BCUT2D eigenvalue weighted by Gasteiger charge is -2.58. The number of carboxylic acid groups (broad SMARTS) is 6. The van der Waals surface area contributed by atoms with Gasteiger partial charge >= 0.3 is 41.8 Å². The predicted octanol–water partition coefficient (Wildman–Crippen LogP) is -0.240. The summed E-state index contributed by atoms with van der Waals surface area (Å²) in [5.41, 5.74) is -1.18. The number of amides is 5. The minimum atomic E-state index is -1.93.